The third-order valence-electron chi connectivity index (χ3n) is 5.25. The number of hydrogen-bond donors (Lipinski definition) is 1. The quantitative estimate of drug-likeness (QED) is 0.797. The van der Waals surface area contributed by atoms with Gasteiger partial charge in [0.05, 0.1) is 23.1 Å². The SMILES string of the molecule is CO[C@@H]1CN(Cc2csc(-c3c(C)c(C)nn(C)c3=O)n2)C[C@@](O)(C(F)(F)F)C1. The number of aliphatic hydroxyl groups is 1. The number of alkyl halides is 3. The smallest absolute Gasteiger partial charge is 0.380 e. The van der Waals surface area contributed by atoms with Crippen molar-refractivity contribution in [2.75, 3.05) is 20.2 Å². The van der Waals surface area contributed by atoms with Crippen LogP contribution >= 0.6 is 11.3 Å². The number of thiazole rings is 1. The number of β-amino-alcohol motifs (C(OH)–C–C–N with tert-alkyl or cyclic N) is 1. The van der Waals surface area contributed by atoms with Gasteiger partial charge in [0.25, 0.3) is 5.56 Å². The molecule has 3 heterocycles. The van der Waals surface area contributed by atoms with Crippen molar-refractivity contribution in [2.24, 2.45) is 7.05 Å². The molecule has 7 nitrogen and oxygen atoms in total. The van der Waals surface area contributed by atoms with E-state index in [1.165, 1.54) is 28.0 Å². The molecule has 1 N–H and O–H groups in total. The topological polar surface area (TPSA) is 80.5 Å². The first-order valence-corrected chi connectivity index (χ1v) is 9.86. The lowest BCUT2D eigenvalue weighted by molar-refractivity contribution is -0.284. The second-order valence-corrected chi connectivity index (χ2v) is 8.28. The van der Waals surface area contributed by atoms with E-state index >= 15 is 0 Å². The summed E-state index contributed by atoms with van der Waals surface area (Å²) in [6.45, 7) is 3.38. The molecule has 0 spiro atoms. The molecule has 160 valence electrons. The zero-order valence-electron chi connectivity index (χ0n) is 16.6. The largest absolute Gasteiger partial charge is 0.418 e. The van der Waals surface area contributed by atoms with Crippen molar-refractivity contribution >= 4 is 11.3 Å². The molecule has 0 radical (unpaired) electrons. The molecule has 0 unspecified atom stereocenters. The average molecular weight is 432 g/mol. The standard InChI is InChI=1S/C18H23F3N4O3S/c1-10-11(2)23-24(3)16(26)14(10)15-22-12(8-29-15)6-25-7-13(28-4)5-17(27,9-25)18(19,20)21/h8,13,27H,5-7,9H2,1-4H3/t13-,17+/m0/s1. The maximum absolute atomic E-state index is 13.3. The van der Waals surface area contributed by atoms with Crippen LogP contribution in [0, 0.1) is 13.8 Å². The Morgan fingerprint density at radius 3 is 2.72 bits per heavy atom. The highest BCUT2D eigenvalue weighted by Gasteiger charge is 2.57. The molecule has 0 amide bonds. The molecule has 2 atom stereocenters. The summed E-state index contributed by atoms with van der Waals surface area (Å²) in [5, 5.41) is 16.5. The zero-order valence-corrected chi connectivity index (χ0v) is 17.4. The number of piperidine rings is 1. The number of likely N-dealkylation sites (tertiary alicyclic amines) is 1. The van der Waals surface area contributed by atoms with Crippen LogP contribution in [0.1, 0.15) is 23.4 Å². The van der Waals surface area contributed by atoms with Gasteiger partial charge in [-0.3, -0.25) is 9.69 Å². The summed E-state index contributed by atoms with van der Waals surface area (Å²) >= 11 is 1.25. The van der Waals surface area contributed by atoms with Gasteiger partial charge in [-0.25, -0.2) is 9.67 Å². The Morgan fingerprint density at radius 2 is 2.10 bits per heavy atom. The number of ether oxygens (including phenoxy) is 1. The van der Waals surface area contributed by atoms with Gasteiger partial charge in [-0.1, -0.05) is 0 Å². The minimum Gasteiger partial charge on any atom is -0.380 e. The Bertz CT molecular complexity index is 959. The monoisotopic (exact) mass is 432 g/mol. The van der Waals surface area contributed by atoms with E-state index in [1.54, 1.807) is 26.3 Å². The van der Waals surface area contributed by atoms with Crippen LogP contribution < -0.4 is 5.56 Å². The lowest BCUT2D eigenvalue weighted by atomic mass is 9.90. The lowest BCUT2D eigenvalue weighted by Crippen LogP contribution is -2.60. The summed E-state index contributed by atoms with van der Waals surface area (Å²) in [6.07, 6.45) is -6.00. The summed E-state index contributed by atoms with van der Waals surface area (Å²) in [7, 11) is 2.89. The molecule has 1 aliphatic rings. The summed E-state index contributed by atoms with van der Waals surface area (Å²) in [4.78, 5) is 18.5. The Kier molecular flexibility index (Phi) is 5.87. The van der Waals surface area contributed by atoms with Gasteiger partial charge in [0, 0.05) is 45.6 Å². The molecule has 0 aromatic carbocycles. The van der Waals surface area contributed by atoms with Crippen molar-refractivity contribution in [3.8, 4) is 10.6 Å². The van der Waals surface area contributed by atoms with Crippen LogP contribution in [-0.4, -0.2) is 62.9 Å². The molecule has 2 aromatic rings. The highest BCUT2D eigenvalue weighted by Crippen LogP contribution is 2.38. The van der Waals surface area contributed by atoms with E-state index in [9.17, 15) is 23.1 Å². The van der Waals surface area contributed by atoms with Crippen LogP contribution in [0.2, 0.25) is 0 Å². The number of aryl methyl sites for hydroxylation is 2. The van der Waals surface area contributed by atoms with Gasteiger partial charge in [0.2, 0.25) is 0 Å². The van der Waals surface area contributed by atoms with E-state index in [4.69, 9.17) is 4.74 Å². The summed E-state index contributed by atoms with van der Waals surface area (Å²) in [5.41, 5.74) is -0.720. The van der Waals surface area contributed by atoms with Crippen molar-refractivity contribution in [1.82, 2.24) is 19.7 Å². The number of hydrogen-bond acceptors (Lipinski definition) is 7. The Balaban J connectivity index is 1.86. The molecule has 0 aliphatic carbocycles. The van der Waals surface area contributed by atoms with Crippen LogP contribution in [0.5, 0.6) is 0 Å². The van der Waals surface area contributed by atoms with Gasteiger partial charge in [0.1, 0.15) is 5.01 Å². The van der Waals surface area contributed by atoms with Crippen LogP contribution in [0.25, 0.3) is 10.6 Å². The summed E-state index contributed by atoms with van der Waals surface area (Å²) in [5.74, 6) is 0. The molecule has 0 saturated carbocycles. The van der Waals surface area contributed by atoms with Gasteiger partial charge >= 0.3 is 6.18 Å². The van der Waals surface area contributed by atoms with Crippen molar-refractivity contribution in [2.45, 2.75) is 44.7 Å². The molecule has 2 aromatic heterocycles. The molecular weight excluding hydrogens is 409 g/mol. The van der Waals surface area contributed by atoms with Crippen LogP contribution in [-0.2, 0) is 18.3 Å². The lowest BCUT2D eigenvalue weighted by Gasteiger charge is -2.43. The minimum atomic E-state index is -4.76. The maximum atomic E-state index is 13.3. The van der Waals surface area contributed by atoms with Gasteiger partial charge in [-0.15, -0.1) is 11.3 Å². The molecule has 11 heteroatoms. The minimum absolute atomic E-state index is 0.109. The fraction of sp³-hybridized carbons (Fsp3) is 0.611. The second kappa shape index (κ2) is 7.78. The Labute approximate surface area is 169 Å². The fourth-order valence-corrected chi connectivity index (χ4v) is 4.44. The first-order chi connectivity index (χ1) is 13.4. The maximum Gasteiger partial charge on any atom is 0.418 e. The first-order valence-electron chi connectivity index (χ1n) is 8.98. The van der Waals surface area contributed by atoms with E-state index in [2.05, 4.69) is 10.1 Å². The molecule has 3 rings (SSSR count). The van der Waals surface area contributed by atoms with Crippen molar-refractivity contribution < 1.29 is 23.0 Å². The van der Waals surface area contributed by atoms with Crippen LogP contribution in [0.4, 0.5) is 13.2 Å². The molecule has 0 bridgehead atoms. The highest BCUT2D eigenvalue weighted by molar-refractivity contribution is 7.13. The van der Waals surface area contributed by atoms with Gasteiger partial charge < -0.3 is 9.84 Å². The van der Waals surface area contributed by atoms with E-state index in [1.807, 2.05) is 0 Å². The molecular formula is C18H23F3N4O3S. The third-order valence-corrected chi connectivity index (χ3v) is 6.16. The number of methoxy groups -OCH3 is 1. The van der Waals surface area contributed by atoms with Crippen molar-refractivity contribution in [3.63, 3.8) is 0 Å². The second-order valence-electron chi connectivity index (χ2n) is 7.42. The van der Waals surface area contributed by atoms with Crippen LogP contribution in [0.3, 0.4) is 0 Å². The molecule has 1 fully saturated rings. The molecule has 1 aliphatic heterocycles. The predicted octanol–water partition coefficient (Wildman–Crippen LogP) is 2.03. The van der Waals surface area contributed by atoms with Crippen molar-refractivity contribution in [3.05, 3.63) is 32.7 Å². The Hall–Kier alpha value is -1.82. The van der Waals surface area contributed by atoms with Crippen LogP contribution in [0.15, 0.2) is 10.2 Å². The summed E-state index contributed by atoms with van der Waals surface area (Å²) in [6, 6.07) is 0. The van der Waals surface area contributed by atoms with E-state index in [-0.39, 0.29) is 18.6 Å². The third kappa shape index (κ3) is 4.23. The van der Waals surface area contributed by atoms with Crippen molar-refractivity contribution in [1.29, 1.82) is 0 Å². The number of nitrogens with zero attached hydrogens (tertiary/aromatic N) is 4. The van der Waals surface area contributed by atoms with Gasteiger partial charge in [0.15, 0.2) is 5.60 Å². The van der Waals surface area contributed by atoms with Gasteiger partial charge in [-0.05, 0) is 19.4 Å². The van der Waals surface area contributed by atoms with Gasteiger partial charge in [-0.2, -0.15) is 18.3 Å². The van der Waals surface area contributed by atoms with E-state index < -0.39 is 30.8 Å². The number of rotatable bonds is 4. The number of aromatic nitrogens is 3. The average Bonchev–Trinajstić information content (AvgIpc) is 3.07. The summed E-state index contributed by atoms with van der Waals surface area (Å²) < 4.78 is 46.4. The predicted molar refractivity (Wildman–Crippen MR) is 102 cm³/mol. The zero-order chi connectivity index (χ0) is 21.6. The fourth-order valence-electron chi connectivity index (χ4n) is 3.54. The molecule has 1 saturated heterocycles. The normalized spacial score (nSPS) is 23.5. The molecule has 29 heavy (non-hydrogen) atoms. The highest BCUT2D eigenvalue weighted by atomic mass is 32.1. The number of halogens is 3. The van der Waals surface area contributed by atoms with E-state index in [0.29, 0.717) is 22.0 Å². The Morgan fingerprint density at radius 1 is 1.41 bits per heavy atom. The first kappa shape index (κ1) is 21.9. The van der Waals surface area contributed by atoms with E-state index in [0.717, 1.165) is 5.56 Å².